The van der Waals surface area contributed by atoms with Crippen molar-refractivity contribution >= 4 is 39.1 Å². The SMILES string of the molecule is CC(O)CCC(=O)Nc1c(Cl)cc(F)cc1Br. The van der Waals surface area contributed by atoms with Crippen molar-refractivity contribution in [3.8, 4) is 0 Å². The van der Waals surface area contributed by atoms with Crippen LogP contribution >= 0.6 is 27.5 Å². The minimum absolute atomic E-state index is 0.127. The van der Waals surface area contributed by atoms with Crippen LogP contribution in [0.2, 0.25) is 5.02 Å². The summed E-state index contributed by atoms with van der Waals surface area (Å²) >= 11 is 8.93. The lowest BCUT2D eigenvalue weighted by molar-refractivity contribution is -0.116. The Kier molecular flexibility index (Phi) is 5.36. The highest BCUT2D eigenvalue weighted by Crippen LogP contribution is 2.31. The predicted octanol–water partition coefficient (Wildman–Crippen LogP) is 3.34. The third kappa shape index (κ3) is 4.61. The molecule has 0 aliphatic heterocycles. The fourth-order valence-electron chi connectivity index (χ4n) is 1.20. The van der Waals surface area contributed by atoms with E-state index < -0.39 is 11.9 Å². The highest BCUT2D eigenvalue weighted by atomic mass is 79.9. The number of anilines is 1. The van der Waals surface area contributed by atoms with Crippen molar-refractivity contribution in [3.05, 3.63) is 27.4 Å². The molecule has 1 unspecified atom stereocenters. The molecule has 0 fully saturated rings. The molecule has 1 atom stereocenters. The zero-order chi connectivity index (χ0) is 13.0. The highest BCUT2D eigenvalue weighted by molar-refractivity contribution is 9.10. The summed E-state index contributed by atoms with van der Waals surface area (Å²) < 4.78 is 13.3. The first-order valence-electron chi connectivity index (χ1n) is 5.02. The van der Waals surface area contributed by atoms with E-state index in [9.17, 15) is 9.18 Å². The number of benzene rings is 1. The third-order valence-corrected chi connectivity index (χ3v) is 2.98. The minimum atomic E-state index is -0.534. The van der Waals surface area contributed by atoms with Gasteiger partial charge in [0.2, 0.25) is 5.91 Å². The predicted molar refractivity (Wildman–Crippen MR) is 68.7 cm³/mol. The van der Waals surface area contributed by atoms with Crippen LogP contribution in [0.5, 0.6) is 0 Å². The van der Waals surface area contributed by atoms with Gasteiger partial charge in [0.25, 0.3) is 0 Å². The fourth-order valence-corrected chi connectivity index (χ4v) is 2.10. The third-order valence-electron chi connectivity index (χ3n) is 2.06. The van der Waals surface area contributed by atoms with Crippen molar-refractivity contribution in [2.75, 3.05) is 5.32 Å². The number of aliphatic hydroxyl groups excluding tert-OH is 1. The molecule has 2 N–H and O–H groups in total. The van der Waals surface area contributed by atoms with Gasteiger partial charge < -0.3 is 10.4 Å². The normalized spacial score (nSPS) is 12.3. The van der Waals surface area contributed by atoms with E-state index in [1.54, 1.807) is 6.92 Å². The van der Waals surface area contributed by atoms with E-state index in [1.807, 2.05) is 0 Å². The molecule has 17 heavy (non-hydrogen) atoms. The second-order valence-corrected chi connectivity index (χ2v) is 4.94. The maximum absolute atomic E-state index is 12.9. The summed E-state index contributed by atoms with van der Waals surface area (Å²) in [5.41, 5.74) is 0.337. The summed E-state index contributed by atoms with van der Waals surface area (Å²) in [6.07, 6.45) is 0.00737. The van der Waals surface area contributed by atoms with Crippen LogP contribution in [0.3, 0.4) is 0 Å². The molecule has 0 aliphatic rings. The number of carbonyl (C=O) groups excluding carboxylic acids is 1. The lowest BCUT2D eigenvalue weighted by Gasteiger charge is -2.10. The number of hydrogen-bond donors (Lipinski definition) is 2. The first kappa shape index (κ1) is 14.4. The monoisotopic (exact) mass is 323 g/mol. The number of aliphatic hydroxyl groups is 1. The smallest absolute Gasteiger partial charge is 0.224 e. The van der Waals surface area contributed by atoms with Gasteiger partial charge in [-0.1, -0.05) is 11.6 Å². The standard InChI is InChI=1S/C11H12BrClFNO2/c1-6(16)2-3-10(17)15-11-8(12)4-7(14)5-9(11)13/h4-6,16H,2-3H2,1H3,(H,15,17). The molecule has 1 aromatic rings. The molecule has 94 valence electrons. The summed E-state index contributed by atoms with van der Waals surface area (Å²) in [5.74, 6) is -0.760. The molecule has 0 radical (unpaired) electrons. The molecule has 0 aromatic heterocycles. The number of halogens is 3. The lowest BCUT2D eigenvalue weighted by Crippen LogP contribution is -2.14. The molecule has 1 aromatic carbocycles. The van der Waals surface area contributed by atoms with Crippen LogP contribution in [-0.2, 0) is 4.79 Å². The molecular formula is C11H12BrClFNO2. The van der Waals surface area contributed by atoms with Crippen LogP contribution in [0.1, 0.15) is 19.8 Å². The molecule has 0 bridgehead atoms. The minimum Gasteiger partial charge on any atom is -0.393 e. The van der Waals surface area contributed by atoms with Crippen molar-refractivity contribution in [2.45, 2.75) is 25.9 Å². The van der Waals surface area contributed by atoms with Crippen molar-refractivity contribution < 1.29 is 14.3 Å². The number of nitrogens with one attached hydrogen (secondary N) is 1. The van der Waals surface area contributed by atoms with Gasteiger partial charge in [0.05, 0.1) is 16.8 Å². The van der Waals surface area contributed by atoms with Crippen molar-refractivity contribution in [3.63, 3.8) is 0 Å². The van der Waals surface area contributed by atoms with Gasteiger partial charge in [-0.25, -0.2) is 4.39 Å². The Morgan fingerprint density at radius 3 is 2.82 bits per heavy atom. The molecule has 0 aliphatic carbocycles. The Labute approximate surface area is 112 Å². The summed E-state index contributed by atoms with van der Waals surface area (Å²) in [4.78, 5) is 11.5. The number of rotatable bonds is 4. The molecule has 1 amide bonds. The summed E-state index contributed by atoms with van der Waals surface area (Å²) in [6, 6.07) is 2.34. The first-order chi connectivity index (χ1) is 7.90. The van der Waals surface area contributed by atoms with E-state index in [-0.39, 0.29) is 17.4 Å². The van der Waals surface area contributed by atoms with Crippen LogP contribution in [0, 0.1) is 5.82 Å². The van der Waals surface area contributed by atoms with E-state index in [2.05, 4.69) is 21.2 Å². The summed E-state index contributed by atoms with van der Waals surface area (Å²) in [5, 5.41) is 11.7. The van der Waals surface area contributed by atoms with E-state index in [1.165, 1.54) is 6.07 Å². The van der Waals surface area contributed by atoms with Gasteiger partial charge in [0, 0.05) is 10.9 Å². The molecule has 3 nitrogen and oxygen atoms in total. The molecule has 0 heterocycles. The largest absolute Gasteiger partial charge is 0.393 e. The Hall–Kier alpha value is -0.650. The Balaban J connectivity index is 2.72. The van der Waals surface area contributed by atoms with Gasteiger partial charge >= 0.3 is 0 Å². The average molecular weight is 325 g/mol. The maximum atomic E-state index is 12.9. The van der Waals surface area contributed by atoms with Crippen molar-refractivity contribution in [1.82, 2.24) is 0 Å². The summed E-state index contributed by atoms with van der Waals surface area (Å²) in [7, 11) is 0. The van der Waals surface area contributed by atoms with Crippen molar-refractivity contribution in [1.29, 1.82) is 0 Å². The fraction of sp³-hybridized carbons (Fsp3) is 0.364. The van der Waals surface area contributed by atoms with Gasteiger partial charge in [0.1, 0.15) is 5.82 Å². The van der Waals surface area contributed by atoms with E-state index in [0.29, 0.717) is 16.6 Å². The van der Waals surface area contributed by atoms with Crippen LogP contribution in [0.4, 0.5) is 10.1 Å². The quantitative estimate of drug-likeness (QED) is 0.892. The van der Waals surface area contributed by atoms with Crippen molar-refractivity contribution in [2.24, 2.45) is 0 Å². The number of carbonyl (C=O) groups is 1. The summed E-state index contributed by atoms with van der Waals surface area (Å²) in [6.45, 7) is 1.61. The van der Waals surface area contributed by atoms with Gasteiger partial charge in [0.15, 0.2) is 0 Å². The van der Waals surface area contributed by atoms with Gasteiger partial charge in [-0.05, 0) is 41.4 Å². The van der Waals surface area contributed by atoms with E-state index in [0.717, 1.165) is 6.07 Å². The Morgan fingerprint density at radius 2 is 2.29 bits per heavy atom. The van der Waals surface area contributed by atoms with Gasteiger partial charge in [-0.15, -0.1) is 0 Å². The average Bonchev–Trinajstić information content (AvgIpc) is 2.20. The molecule has 0 saturated carbocycles. The van der Waals surface area contributed by atoms with Crippen LogP contribution < -0.4 is 5.32 Å². The topological polar surface area (TPSA) is 49.3 Å². The van der Waals surface area contributed by atoms with Crippen LogP contribution in [-0.4, -0.2) is 17.1 Å². The molecule has 1 rings (SSSR count). The molecule has 0 spiro atoms. The molecular weight excluding hydrogens is 312 g/mol. The maximum Gasteiger partial charge on any atom is 0.224 e. The number of amides is 1. The van der Waals surface area contributed by atoms with Crippen LogP contribution in [0.15, 0.2) is 16.6 Å². The molecule has 0 saturated heterocycles. The van der Waals surface area contributed by atoms with E-state index >= 15 is 0 Å². The Bertz CT molecular complexity index is 403. The Morgan fingerprint density at radius 1 is 1.65 bits per heavy atom. The van der Waals surface area contributed by atoms with Gasteiger partial charge in [-0.3, -0.25) is 4.79 Å². The zero-order valence-corrected chi connectivity index (χ0v) is 11.5. The second-order valence-electron chi connectivity index (χ2n) is 3.68. The first-order valence-corrected chi connectivity index (χ1v) is 6.19. The molecule has 6 heteroatoms. The second kappa shape index (κ2) is 6.33. The highest BCUT2D eigenvalue weighted by Gasteiger charge is 2.11. The lowest BCUT2D eigenvalue weighted by atomic mass is 10.2. The zero-order valence-electron chi connectivity index (χ0n) is 9.14. The van der Waals surface area contributed by atoms with Gasteiger partial charge in [-0.2, -0.15) is 0 Å². The van der Waals surface area contributed by atoms with Crippen LogP contribution in [0.25, 0.3) is 0 Å². The van der Waals surface area contributed by atoms with E-state index in [4.69, 9.17) is 16.7 Å². The number of hydrogen-bond acceptors (Lipinski definition) is 2.